The van der Waals surface area contributed by atoms with E-state index >= 15 is 0 Å². The second kappa shape index (κ2) is 8.70. The highest BCUT2D eigenvalue weighted by Gasteiger charge is 2.29. The van der Waals surface area contributed by atoms with Crippen LogP contribution in [-0.4, -0.2) is 25.0 Å². The molecule has 158 valence electrons. The second-order valence-electron chi connectivity index (χ2n) is 7.20. The van der Waals surface area contributed by atoms with Crippen molar-refractivity contribution in [1.29, 1.82) is 0 Å². The molecule has 0 bridgehead atoms. The van der Waals surface area contributed by atoms with Gasteiger partial charge in [0.05, 0.1) is 5.69 Å². The molecular formula is C24H21ClN2O4. The maximum Gasteiger partial charge on any atom is 0.267 e. The summed E-state index contributed by atoms with van der Waals surface area (Å²) in [6.45, 7) is 2.05. The number of halogens is 1. The van der Waals surface area contributed by atoms with Crippen LogP contribution in [0.5, 0.6) is 11.5 Å². The number of rotatable bonds is 5. The van der Waals surface area contributed by atoms with E-state index in [1.165, 1.54) is 4.90 Å². The Morgan fingerprint density at radius 1 is 1.13 bits per heavy atom. The molecule has 0 aliphatic carbocycles. The summed E-state index contributed by atoms with van der Waals surface area (Å²) in [6, 6.07) is 19.5. The molecule has 31 heavy (non-hydrogen) atoms. The lowest BCUT2D eigenvalue weighted by Gasteiger charge is -2.30. The van der Waals surface area contributed by atoms with Crippen molar-refractivity contribution < 1.29 is 19.1 Å². The van der Waals surface area contributed by atoms with Crippen LogP contribution in [0.4, 0.5) is 11.4 Å². The molecule has 6 nitrogen and oxygen atoms in total. The molecule has 7 heteroatoms. The van der Waals surface area contributed by atoms with E-state index in [1.54, 1.807) is 56.4 Å². The van der Waals surface area contributed by atoms with Gasteiger partial charge in [0.1, 0.15) is 18.1 Å². The summed E-state index contributed by atoms with van der Waals surface area (Å²) in [5, 5.41) is 3.50. The van der Waals surface area contributed by atoms with Gasteiger partial charge in [-0.1, -0.05) is 29.8 Å². The number of ether oxygens (including phenoxy) is 2. The zero-order valence-corrected chi connectivity index (χ0v) is 17.8. The molecule has 2 amide bonds. The van der Waals surface area contributed by atoms with Gasteiger partial charge in [0.15, 0.2) is 6.10 Å². The first-order valence-corrected chi connectivity index (χ1v) is 10.2. The van der Waals surface area contributed by atoms with Crippen molar-refractivity contribution in [2.45, 2.75) is 19.6 Å². The largest absolute Gasteiger partial charge is 0.489 e. The average Bonchev–Trinajstić information content (AvgIpc) is 2.78. The quantitative estimate of drug-likeness (QED) is 0.616. The van der Waals surface area contributed by atoms with Crippen LogP contribution in [0.2, 0.25) is 5.02 Å². The molecule has 1 heterocycles. The van der Waals surface area contributed by atoms with E-state index < -0.39 is 6.10 Å². The third kappa shape index (κ3) is 4.49. The maximum absolute atomic E-state index is 12.6. The lowest BCUT2D eigenvalue weighted by molar-refractivity contribution is -0.125. The number of likely N-dealkylation sites (N-methyl/N-ethyl adjacent to an activating group) is 1. The average molecular weight is 437 g/mol. The van der Waals surface area contributed by atoms with Crippen LogP contribution in [0, 0.1) is 0 Å². The van der Waals surface area contributed by atoms with E-state index in [0.717, 1.165) is 5.56 Å². The molecule has 1 aliphatic heterocycles. The van der Waals surface area contributed by atoms with Gasteiger partial charge in [-0.25, -0.2) is 0 Å². The van der Waals surface area contributed by atoms with Crippen molar-refractivity contribution in [3.8, 4) is 11.5 Å². The van der Waals surface area contributed by atoms with Crippen LogP contribution in [0.1, 0.15) is 22.8 Å². The van der Waals surface area contributed by atoms with Gasteiger partial charge in [-0.2, -0.15) is 0 Å². The van der Waals surface area contributed by atoms with Crippen LogP contribution in [0.25, 0.3) is 0 Å². The maximum atomic E-state index is 12.6. The standard InChI is InChI=1S/C24H21ClN2O4/c1-15-24(29)27(2)21-13-18(9-12-22(21)31-15)26-23(28)16-7-10-19(11-8-16)30-14-17-5-3-4-6-20(17)25/h3-13,15H,14H2,1-2H3,(H,26,28). The van der Waals surface area contributed by atoms with Crippen molar-refractivity contribution >= 4 is 34.8 Å². The number of hydrogen-bond donors (Lipinski definition) is 1. The molecule has 0 radical (unpaired) electrons. The topological polar surface area (TPSA) is 67.9 Å². The summed E-state index contributed by atoms with van der Waals surface area (Å²) < 4.78 is 11.4. The van der Waals surface area contributed by atoms with E-state index in [9.17, 15) is 9.59 Å². The fourth-order valence-corrected chi connectivity index (χ4v) is 3.46. The van der Waals surface area contributed by atoms with Gasteiger partial charge in [-0.3, -0.25) is 9.59 Å². The Morgan fingerprint density at radius 3 is 2.61 bits per heavy atom. The number of anilines is 2. The van der Waals surface area contributed by atoms with Crippen LogP contribution in [-0.2, 0) is 11.4 Å². The molecule has 3 aromatic rings. The second-order valence-corrected chi connectivity index (χ2v) is 7.61. The highest BCUT2D eigenvalue weighted by molar-refractivity contribution is 6.31. The minimum atomic E-state index is -0.531. The molecule has 0 aromatic heterocycles. The summed E-state index contributed by atoms with van der Waals surface area (Å²) in [5.41, 5.74) is 2.56. The van der Waals surface area contributed by atoms with Crippen molar-refractivity contribution in [3.63, 3.8) is 0 Å². The van der Waals surface area contributed by atoms with Crippen molar-refractivity contribution in [2.24, 2.45) is 0 Å². The lowest BCUT2D eigenvalue weighted by atomic mass is 10.1. The summed E-state index contributed by atoms with van der Waals surface area (Å²) in [7, 11) is 1.69. The number of benzene rings is 3. The third-order valence-corrected chi connectivity index (χ3v) is 5.40. The minimum Gasteiger partial charge on any atom is -0.489 e. The highest BCUT2D eigenvalue weighted by atomic mass is 35.5. The highest BCUT2D eigenvalue weighted by Crippen LogP contribution is 2.35. The Hall–Kier alpha value is -3.51. The molecule has 0 saturated carbocycles. The fraction of sp³-hybridized carbons (Fsp3) is 0.167. The van der Waals surface area contributed by atoms with Crippen molar-refractivity contribution in [1.82, 2.24) is 0 Å². The fourth-order valence-electron chi connectivity index (χ4n) is 3.27. The van der Waals surface area contributed by atoms with E-state index in [4.69, 9.17) is 21.1 Å². The first-order valence-electron chi connectivity index (χ1n) is 9.78. The molecule has 1 unspecified atom stereocenters. The predicted octanol–water partition coefficient (Wildman–Crippen LogP) is 4.92. The molecular weight excluding hydrogens is 416 g/mol. The minimum absolute atomic E-state index is 0.136. The first kappa shape index (κ1) is 20.8. The van der Waals surface area contributed by atoms with Crippen molar-refractivity contribution in [3.05, 3.63) is 82.9 Å². The molecule has 1 atom stereocenters. The third-order valence-electron chi connectivity index (χ3n) is 5.03. The van der Waals surface area contributed by atoms with Crippen LogP contribution in [0.3, 0.4) is 0 Å². The van der Waals surface area contributed by atoms with Crippen molar-refractivity contribution in [2.75, 3.05) is 17.3 Å². The van der Waals surface area contributed by atoms with E-state index in [2.05, 4.69) is 5.32 Å². The van der Waals surface area contributed by atoms with Crippen LogP contribution in [0.15, 0.2) is 66.7 Å². The van der Waals surface area contributed by atoms with E-state index in [-0.39, 0.29) is 11.8 Å². The Labute approximate surface area is 185 Å². The summed E-state index contributed by atoms with van der Waals surface area (Å²) in [4.78, 5) is 26.3. The SMILES string of the molecule is CC1Oc2ccc(NC(=O)c3ccc(OCc4ccccc4Cl)cc3)cc2N(C)C1=O. The number of carbonyl (C=O) groups excluding carboxylic acids is 2. The molecule has 0 saturated heterocycles. The summed E-state index contributed by atoms with van der Waals surface area (Å²) >= 11 is 6.14. The van der Waals surface area contributed by atoms with E-state index in [0.29, 0.717) is 40.1 Å². The Bertz CT molecular complexity index is 1130. The van der Waals surface area contributed by atoms with Gasteiger partial charge in [0, 0.05) is 28.9 Å². The zero-order chi connectivity index (χ0) is 22.0. The number of fused-ring (bicyclic) bond motifs is 1. The predicted molar refractivity (Wildman–Crippen MR) is 120 cm³/mol. The van der Waals surface area contributed by atoms with Gasteiger partial charge >= 0.3 is 0 Å². The van der Waals surface area contributed by atoms with Crippen LogP contribution < -0.4 is 19.7 Å². The molecule has 1 aliphatic rings. The van der Waals surface area contributed by atoms with Gasteiger partial charge in [0.25, 0.3) is 11.8 Å². The molecule has 3 aromatic carbocycles. The number of hydrogen-bond acceptors (Lipinski definition) is 4. The van der Waals surface area contributed by atoms with Crippen LogP contribution >= 0.6 is 11.6 Å². The van der Waals surface area contributed by atoms with Gasteiger partial charge in [-0.05, 0) is 55.5 Å². The number of nitrogens with one attached hydrogen (secondary N) is 1. The summed E-state index contributed by atoms with van der Waals surface area (Å²) in [6.07, 6.45) is -0.531. The Kier molecular flexibility index (Phi) is 5.82. The molecule has 4 rings (SSSR count). The Morgan fingerprint density at radius 2 is 1.87 bits per heavy atom. The Balaban J connectivity index is 1.41. The zero-order valence-electron chi connectivity index (χ0n) is 17.1. The first-order chi connectivity index (χ1) is 14.9. The molecule has 0 spiro atoms. The number of carbonyl (C=O) groups is 2. The normalized spacial score (nSPS) is 15.1. The molecule has 0 fully saturated rings. The molecule has 1 N–H and O–H groups in total. The van der Waals surface area contributed by atoms with Gasteiger partial charge in [-0.15, -0.1) is 0 Å². The number of amides is 2. The monoisotopic (exact) mass is 436 g/mol. The number of nitrogens with zero attached hydrogens (tertiary/aromatic N) is 1. The van der Waals surface area contributed by atoms with E-state index in [1.807, 2.05) is 24.3 Å². The smallest absolute Gasteiger partial charge is 0.267 e. The summed E-state index contributed by atoms with van der Waals surface area (Å²) in [5.74, 6) is 0.837. The lowest BCUT2D eigenvalue weighted by Crippen LogP contribution is -2.41. The van der Waals surface area contributed by atoms with Gasteiger partial charge < -0.3 is 19.7 Å². The van der Waals surface area contributed by atoms with Gasteiger partial charge in [0.2, 0.25) is 0 Å².